The van der Waals surface area contributed by atoms with Crippen molar-refractivity contribution in [1.29, 1.82) is 0 Å². The Kier molecular flexibility index (Phi) is 6.20. The van der Waals surface area contributed by atoms with Crippen molar-refractivity contribution in [3.63, 3.8) is 0 Å². The maximum Gasteiger partial charge on any atom is 0.273 e. The fourth-order valence-electron chi connectivity index (χ4n) is 2.87. The maximum atomic E-state index is 12.4. The molecule has 1 fully saturated rings. The summed E-state index contributed by atoms with van der Waals surface area (Å²) in [6, 6.07) is 9.92. The second-order valence-electron chi connectivity index (χ2n) is 5.88. The molecule has 3 rings (SSSR count). The van der Waals surface area contributed by atoms with E-state index in [1.54, 1.807) is 5.51 Å². The highest BCUT2D eigenvalue weighted by Crippen LogP contribution is 2.11. The van der Waals surface area contributed by atoms with Crippen LogP contribution in [0.2, 0.25) is 0 Å². The molecule has 0 unspecified atom stereocenters. The summed E-state index contributed by atoms with van der Waals surface area (Å²) < 4.78 is 5.74. The van der Waals surface area contributed by atoms with Crippen molar-refractivity contribution in [2.24, 2.45) is 0 Å². The molecule has 5 nitrogen and oxygen atoms in total. The molecule has 0 N–H and O–H groups in total. The molecular formula is C18H23N3O2S. The summed E-state index contributed by atoms with van der Waals surface area (Å²) in [5.41, 5.74) is 2.29. The van der Waals surface area contributed by atoms with Crippen LogP contribution in [0.1, 0.15) is 23.3 Å². The van der Waals surface area contributed by atoms with E-state index < -0.39 is 0 Å². The van der Waals surface area contributed by atoms with E-state index in [9.17, 15) is 4.79 Å². The average Bonchev–Trinajstić information content (AvgIpc) is 3.05. The van der Waals surface area contributed by atoms with E-state index in [2.05, 4.69) is 9.88 Å². The highest BCUT2D eigenvalue weighted by molar-refractivity contribution is 7.07. The fourth-order valence-corrected chi connectivity index (χ4v) is 3.40. The molecule has 128 valence electrons. The van der Waals surface area contributed by atoms with Crippen LogP contribution in [0.4, 0.5) is 0 Å². The normalized spacial score (nSPS) is 15.9. The third kappa shape index (κ3) is 4.79. The standard InChI is InChI=1S/C18H23N3O2S/c22-18(17-14-24-15-19-17)21-10-4-8-20(11-12-21)9-5-13-23-16-6-2-1-3-7-16/h1-3,6-7,14-15H,4-5,8-13H2. The Morgan fingerprint density at radius 3 is 2.83 bits per heavy atom. The third-order valence-corrected chi connectivity index (χ3v) is 4.74. The molecule has 0 bridgehead atoms. The number of nitrogens with zero attached hydrogens (tertiary/aromatic N) is 3. The summed E-state index contributed by atoms with van der Waals surface area (Å²) in [5, 5.41) is 1.83. The van der Waals surface area contributed by atoms with Crippen LogP contribution >= 0.6 is 11.3 Å². The lowest BCUT2D eigenvalue weighted by molar-refractivity contribution is 0.0756. The zero-order valence-corrected chi connectivity index (χ0v) is 14.6. The van der Waals surface area contributed by atoms with Gasteiger partial charge in [0.2, 0.25) is 0 Å². The predicted molar refractivity (Wildman–Crippen MR) is 95.6 cm³/mol. The van der Waals surface area contributed by atoms with Gasteiger partial charge in [0, 0.05) is 31.6 Å². The first-order valence-corrected chi connectivity index (χ1v) is 9.35. The highest BCUT2D eigenvalue weighted by Gasteiger charge is 2.21. The molecule has 0 saturated carbocycles. The van der Waals surface area contributed by atoms with Crippen molar-refractivity contribution < 1.29 is 9.53 Å². The Morgan fingerprint density at radius 1 is 1.17 bits per heavy atom. The number of aromatic nitrogens is 1. The Labute approximate surface area is 146 Å². The van der Waals surface area contributed by atoms with Gasteiger partial charge in [0.15, 0.2) is 0 Å². The lowest BCUT2D eigenvalue weighted by Gasteiger charge is -2.21. The van der Waals surface area contributed by atoms with E-state index in [0.717, 1.165) is 57.9 Å². The molecule has 0 aliphatic carbocycles. The number of carbonyl (C=O) groups is 1. The molecule has 24 heavy (non-hydrogen) atoms. The van der Waals surface area contributed by atoms with Crippen LogP contribution in [0.5, 0.6) is 5.75 Å². The van der Waals surface area contributed by atoms with Gasteiger partial charge in [-0.05, 0) is 31.5 Å². The smallest absolute Gasteiger partial charge is 0.273 e. The average molecular weight is 345 g/mol. The molecule has 1 aliphatic heterocycles. The SMILES string of the molecule is O=C(c1cscn1)N1CCCN(CCCOc2ccccc2)CC1. The number of hydrogen-bond acceptors (Lipinski definition) is 5. The molecule has 0 spiro atoms. The first-order chi connectivity index (χ1) is 11.8. The monoisotopic (exact) mass is 345 g/mol. The highest BCUT2D eigenvalue weighted by atomic mass is 32.1. The van der Waals surface area contributed by atoms with Crippen molar-refractivity contribution in [3.05, 3.63) is 46.9 Å². The molecule has 1 aromatic heterocycles. The van der Waals surface area contributed by atoms with Crippen LogP contribution < -0.4 is 4.74 Å². The second-order valence-corrected chi connectivity index (χ2v) is 6.59. The number of para-hydroxylation sites is 1. The van der Waals surface area contributed by atoms with Crippen LogP contribution in [0.25, 0.3) is 0 Å². The molecular weight excluding hydrogens is 322 g/mol. The minimum Gasteiger partial charge on any atom is -0.494 e. The number of amides is 1. The van der Waals surface area contributed by atoms with Crippen LogP contribution in [-0.2, 0) is 0 Å². The van der Waals surface area contributed by atoms with Gasteiger partial charge in [-0.1, -0.05) is 18.2 Å². The molecule has 1 aliphatic rings. The van der Waals surface area contributed by atoms with Crippen molar-refractivity contribution in [1.82, 2.24) is 14.8 Å². The van der Waals surface area contributed by atoms with Gasteiger partial charge < -0.3 is 14.5 Å². The Morgan fingerprint density at radius 2 is 2.04 bits per heavy atom. The second kappa shape index (κ2) is 8.80. The lowest BCUT2D eigenvalue weighted by atomic mass is 10.3. The van der Waals surface area contributed by atoms with Gasteiger partial charge in [-0.25, -0.2) is 4.98 Å². The van der Waals surface area contributed by atoms with Gasteiger partial charge in [0.05, 0.1) is 12.1 Å². The summed E-state index contributed by atoms with van der Waals surface area (Å²) >= 11 is 1.47. The number of ether oxygens (including phenoxy) is 1. The quantitative estimate of drug-likeness (QED) is 0.755. The lowest BCUT2D eigenvalue weighted by Crippen LogP contribution is -2.35. The van der Waals surface area contributed by atoms with Crippen molar-refractivity contribution in [2.75, 3.05) is 39.3 Å². The number of benzene rings is 1. The molecule has 0 atom stereocenters. The largest absolute Gasteiger partial charge is 0.494 e. The molecule has 1 amide bonds. The molecule has 0 radical (unpaired) electrons. The molecule has 6 heteroatoms. The van der Waals surface area contributed by atoms with Crippen molar-refractivity contribution in [2.45, 2.75) is 12.8 Å². The third-order valence-electron chi connectivity index (χ3n) is 4.16. The number of hydrogen-bond donors (Lipinski definition) is 0. The topological polar surface area (TPSA) is 45.7 Å². The molecule has 1 saturated heterocycles. The molecule has 2 aromatic rings. The van der Waals surface area contributed by atoms with E-state index in [1.807, 2.05) is 40.6 Å². The number of rotatable bonds is 6. The van der Waals surface area contributed by atoms with Gasteiger partial charge in [-0.2, -0.15) is 0 Å². The van der Waals surface area contributed by atoms with E-state index in [0.29, 0.717) is 5.69 Å². The Balaban J connectivity index is 1.38. The summed E-state index contributed by atoms with van der Waals surface area (Å²) in [5.74, 6) is 0.985. The zero-order chi connectivity index (χ0) is 16.6. The van der Waals surface area contributed by atoms with E-state index >= 15 is 0 Å². The van der Waals surface area contributed by atoms with E-state index in [4.69, 9.17) is 4.74 Å². The summed E-state index contributed by atoms with van der Waals surface area (Å²) in [6.07, 6.45) is 2.00. The Hall–Kier alpha value is -1.92. The first kappa shape index (κ1) is 16.9. The first-order valence-electron chi connectivity index (χ1n) is 8.40. The number of thiazole rings is 1. The number of carbonyl (C=O) groups excluding carboxylic acids is 1. The summed E-state index contributed by atoms with van der Waals surface area (Å²) in [4.78, 5) is 20.8. The molecule has 2 heterocycles. The van der Waals surface area contributed by atoms with Crippen molar-refractivity contribution >= 4 is 17.2 Å². The summed E-state index contributed by atoms with van der Waals surface area (Å²) in [7, 11) is 0. The maximum absolute atomic E-state index is 12.4. The van der Waals surface area contributed by atoms with Gasteiger partial charge >= 0.3 is 0 Å². The van der Waals surface area contributed by atoms with Gasteiger partial charge in [-0.3, -0.25) is 4.79 Å². The fraction of sp³-hybridized carbons (Fsp3) is 0.444. The van der Waals surface area contributed by atoms with Crippen molar-refractivity contribution in [3.8, 4) is 5.75 Å². The van der Waals surface area contributed by atoms with Gasteiger partial charge in [0.25, 0.3) is 5.91 Å². The van der Waals surface area contributed by atoms with Crippen LogP contribution in [0.3, 0.4) is 0 Å². The van der Waals surface area contributed by atoms with Gasteiger partial charge in [0.1, 0.15) is 11.4 Å². The molecule has 1 aromatic carbocycles. The summed E-state index contributed by atoms with van der Waals surface area (Å²) in [6.45, 7) is 5.27. The van der Waals surface area contributed by atoms with Crippen LogP contribution in [0, 0.1) is 0 Å². The van der Waals surface area contributed by atoms with E-state index in [1.165, 1.54) is 11.3 Å². The van der Waals surface area contributed by atoms with Gasteiger partial charge in [-0.15, -0.1) is 11.3 Å². The van der Waals surface area contributed by atoms with E-state index in [-0.39, 0.29) is 5.91 Å². The van der Waals surface area contributed by atoms with Crippen LogP contribution in [-0.4, -0.2) is 60.0 Å². The predicted octanol–water partition coefficient (Wildman–Crippen LogP) is 2.76. The zero-order valence-electron chi connectivity index (χ0n) is 13.8. The van der Waals surface area contributed by atoms with Crippen LogP contribution in [0.15, 0.2) is 41.2 Å². The minimum absolute atomic E-state index is 0.0607. The minimum atomic E-state index is 0.0607. The Bertz CT molecular complexity index is 618.